The molecule has 1 N–H and O–H groups in total. The molecule has 0 spiro atoms. The van der Waals surface area contributed by atoms with Gasteiger partial charge in [-0.25, -0.2) is 0 Å². The SMILES string of the molecule is C[C@@]1(C(=O)C2=NNC[C@@H]2c2ccccc2)CO1. The largest absolute Gasteiger partial charge is 0.361 e. The molecule has 1 fully saturated rings. The highest BCUT2D eigenvalue weighted by Crippen LogP contribution is 2.31. The molecule has 4 heteroatoms. The van der Waals surface area contributed by atoms with Crippen LogP contribution in [0.3, 0.4) is 0 Å². The summed E-state index contributed by atoms with van der Waals surface area (Å²) in [7, 11) is 0. The number of hydrogen-bond acceptors (Lipinski definition) is 4. The summed E-state index contributed by atoms with van der Waals surface area (Å²) in [6.07, 6.45) is 0. The fourth-order valence-electron chi connectivity index (χ4n) is 2.08. The van der Waals surface area contributed by atoms with E-state index in [1.807, 2.05) is 37.3 Å². The van der Waals surface area contributed by atoms with Gasteiger partial charge < -0.3 is 10.2 Å². The summed E-state index contributed by atoms with van der Waals surface area (Å²) >= 11 is 0. The minimum absolute atomic E-state index is 0.0105. The van der Waals surface area contributed by atoms with Crippen LogP contribution in [0.5, 0.6) is 0 Å². The van der Waals surface area contributed by atoms with Crippen molar-refractivity contribution in [2.24, 2.45) is 5.10 Å². The first-order valence-corrected chi connectivity index (χ1v) is 5.75. The number of Topliss-reactive ketones (excluding diaryl/α,β-unsaturated/α-hetero) is 1. The predicted octanol–water partition coefficient (Wildman–Crippen LogP) is 1.09. The van der Waals surface area contributed by atoms with Gasteiger partial charge in [-0.3, -0.25) is 4.79 Å². The molecular weight excluding hydrogens is 216 g/mol. The Labute approximate surface area is 99.7 Å². The first-order valence-electron chi connectivity index (χ1n) is 5.75. The predicted molar refractivity (Wildman–Crippen MR) is 64.0 cm³/mol. The molecule has 1 aromatic rings. The van der Waals surface area contributed by atoms with E-state index in [1.165, 1.54) is 0 Å². The number of benzene rings is 1. The van der Waals surface area contributed by atoms with Gasteiger partial charge in [0.1, 0.15) is 5.71 Å². The molecule has 0 aliphatic carbocycles. The second-order valence-electron chi connectivity index (χ2n) is 4.67. The van der Waals surface area contributed by atoms with Crippen molar-refractivity contribution >= 4 is 11.5 Å². The molecule has 2 aliphatic rings. The van der Waals surface area contributed by atoms with Crippen molar-refractivity contribution in [2.45, 2.75) is 18.4 Å². The van der Waals surface area contributed by atoms with Crippen molar-refractivity contribution in [1.29, 1.82) is 0 Å². The Hall–Kier alpha value is -1.68. The maximum atomic E-state index is 12.2. The fourth-order valence-corrected chi connectivity index (χ4v) is 2.08. The maximum Gasteiger partial charge on any atom is 0.213 e. The van der Waals surface area contributed by atoms with Crippen LogP contribution in [0.15, 0.2) is 35.4 Å². The minimum atomic E-state index is -0.627. The molecule has 88 valence electrons. The van der Waals surface area contributed by atoms with E-state index in [4.69, 9.17) is 4.74 Å². The molecule has 2 aliphatic heterocycles. The van der Waals surface area contributed by atoms with Crippen molar-refractivity contribution in [3.05, 3.63) is 35.9 Å². The average Bonchev–Trinajstić information content (AvgIpc) is 2.95. The summed E-state index contributed by atoms with van der Waals surface area (Å²) in [4.78, 5) is 12.2. The standard InChI is InChI=1S/C13H14N2O2/c1-13(8-17-13)12(16)11-10(7-14-15-11)9-5-3-2-4-6-9/h2-6,10,14H,7-8H2,1H3/t10-,13+/m1/s1. The number of hydrogen-bond donors (Lipinski definition) is 1. The number of ether oxygens (including phenoxy) is 1. The second-order valence-corrected chi connectivity index (χ2v) is 4.67. The van der Waals surface area contributed by atoms with Crippen LogP contribution in [-0.2, 0) is 9.53 Å². The van der Waals surface area contributed by atoms with E-state index >= 15 is 0 Å². The number of epoxide rings is 1. The van der Waals surface area contributed by atoms with Gasteiger partial charge in [0.05, 0.1) is 12.5 Å². The van der Waals surface area contributed by atoms with Crippen LogP contribution >= 0.6 is 0 Å². The third-order valence-electron chi connectivity index (χ3n) is 3.32. The molecule has 1 saturated heterocycles. The fraction of sp³-hybridized carbons (Fsp3) is 0.385. The Balaban J connectivity index is 1.88. The van der Waals surface area contributed by atoms with Crippen molar-refractivity contribution in [1.82, 2.24) is 5.43 Å². The molecule has 0 aromatic heterocycles. The summed E-state index contributed by atoms with van der Waals surface area (Å²) in [6, 6.07) is 9.97. The highest BCUT2D eigenvalue weighted by atomic mass is 16.6. The number of carbonyl (C=O) groups is 1. The highest BCUT2D eigenvalue weighted by molar-refractivity contribution is 6.45. The lowest BCUT2D eigenvalue weighted by molar-refractivity contribution is -0.117. The Bertz CT molecular complexity index is 477. The van der Waals surface area contributed by atoms with E-state index < -0.39 is 5.60 Å². The molecule has 0 amide bonds. The van der Waals surface area contributed by atoms with Gasteiger partial charge in [0.15, 0.2) is 5.60 Å². The first kappa shape index (κ1) is 10.5. The van der Waals surface area contributed by atoms with E-state index in [0.717, 1.165) is 5.56 Å². The van der Waals surface area contributed by atoms with Gasteiger partial charge in [0.25, 0.3) is 0 Å². The Morgan fingerprint density at radius 2 is 2.18 bits per heavy atom. The van der Waals surface area contributed by atoms with Crippen LogP contribution in [0.1, 0.15) is 18.4 Å². The minimum Gasteiger partial charge on any atom is -0.361 e. The quantitative estimate of drug-likeness (QED) is 0.791. The Morgan fingerprint density at radius 3 is 2.82 bits per heavy atom. The van der Waals surface area contributed by atoms with E-state index in [2.05, 4.69) is 10.5 Å². The molecule has 2 heterocycles. The van der Waals surface area contributed by atoms with Crippen molar-refractivity contribution in [3.63, 3.8) is 0 Å². The zero-order valence-corrected chi connectivity index (χ0v) is 9.64. The maximum absolute atomic E-state index is 12.2. The molecule has 0 bridgehead atoms. The van der Waals surface area contributed by atoms with Gasteiger partial charge >= 0.3 is 0 Å². The lowest BCUT2D eigenvalue weighted by Gasteiger charge is -2.12. The molecule has 0 saturated carbocycles. The molecular formula is C13H14N2O2. The van der Waals surface area contributed by atoms with Gasteiger partial charge in [-0.2, -0.15) is 5.10 Å². The smallest absolute Gasteiger partial charge is 0.213 e. The summed E-state index contributed by atoms with van der Waals surface area (Å²) in [5.74, 6) is 0.0566. The summed E-state index contributed by atoms with van der Waals surface area (Å²) < 4.78 is 5.20. The highest BCUT2D eigenvalue weighted by Gasteiger charge is 2.51. The summed E-state index contributed by atoms with van der Waals surface area (Å²) in [6.45, 7) is 3.01. The number of rotatable bonds is 3. The topological polar surface area (TPSA) is 54.0 Å². The monoisotopic (exact) mass is 230 g/mol. The molecule has 0 unspecified atom stereocenters. The van der Waals surface area contributed by atoms with Crippen LogP contribution in [0.2, 0.25) is 0 Å². The zero-order chi connectivity index (χ0) is 11.9. The van der Waals surface area contributed by atoms with Crippen LogP contribution < -0.4 is 5.43 Å². The van der Waals surface area contributed by atoms with Crippen molar-refractivity contribution in [2.75, 3.05) is 13.2 Å². The van der Waals surface area contributed by atoms with Crippen molar-refractivity contribution in [3.8, 4) is 0 Å². The number of ketones is 1. The summed E-state index contributed by atoms with van der Waals surface area (Å²) in [5.41, 5.74) is 4.00. The lowest BCUT2D eigenvalue weighted by Crippen LogP contribution is -2.32. The molecule has 1 aromatic carbocycles. The van der Waals surface area contributed by atoms with E-state index in [9.17, 15) is 4.79 Å². The number of nitrogens with zero attached hydrogens (tertiary/aromatic N) is 1. The first-order chi connectivity index (χ1) is 8.21. The van der Waals surface area contributed by atoms with Crippen LogP contribution in [0, 0.1) is 0 Å². The Kier molecular flexibility index (Phi) is 2.26. The molecule has 3 rings (SSSR count). The molecule has 0 radical (unpaired) electrons. The van der Waals surface area contributed by atoms with Crippen molar-refractivity contribution < 1.29 is 9.53 Å². The van der Waals surface area contributed by atoms with Crippen LogP contribution in [0.4, 0.5) is 0 Å². The van der Waals surface area contributed by atoms with Gasteiger partial charge in [0.2, 0.25) is 5.78 Å². The Morgan fingerprint density at radius 1 is 1.47 bits per heavy atom. The van der Waals surface area contributed by atoms with Gasteiger partial charge in [-0.05, 0) is 12.5 Å². The van der Waals surface area contributed by atoms with Crippen LogP contribution in [0.25, 0.3) is 0 Å². The normalized spacial score (nSPS) is 30.6. The third kappa shape index (κ3) is 1.74. The average molecular weight is 230 g/mol. The van der Waals surface area contributed by atoms with E-state index in [0.29, 0.717) is 18.9 Å². The molecule has 2 atom stereocenters. The van der Waals surface area contributed by atoms with E-state index in [1.54, 1.807) is 0 Å². The summed E-state index contributed by atoms with van der Waals surface area (Å²) in [5, 5.41) is 4.14. The van der Waals surface area contributed by atoms with Gasteiger partial charge in [-0.15, -0.1) is 0 Å². The number of hydrazone groups is 1. The van der Waals surface area contributed by atoms with E-state index in [-0.39, 0.29) is 11.7 Å². The van der Waals surface area contributed by atoms with Gasteiger partial charge in [0, 0.05) is 6.54 Å². The zero-order valence-electron chi connectivity index (χ0n) is 9.64. The second kappa shape index (κ2) is 3.67. The molecule has 17 heavy (non-hydrogen) atoms. The third-order valence-corrected chi connectivity index (χ3v) is 3.32. The number of nitrogens with one attached hydrogen (secondary N) is 1. The number of carbonyl (C=O) groups excluding carboxylic acids is 1. The molecule has 4 nitrogen and oxygen atoms in total. The van der Waals surface area contributed by atoms with Crippen LogP contribution in [-0.4, -0.2) is 30.2 Å². The van der Waals surface area contributed by atoms with Gasteiger partial charge in [-0.1, -0.05) is 30.3 Å². The lowest BCUT2D eigenvalue weighted by atomic mass is 9.89.